The van der Waals surface area contributed by atoms with Crippen molar-refractivity contribution in [3.63, 3.8) is 0 Å². The Morgan fingerprint density at radius 3 is 2.58 bits per heavy atom. The van der Waals surface area contributed by atoms with Gasteiger partial charge in [-0.25, -0.2) is 0 Å². The average Bonchev–Trinajstić information content (AvgIpc) is 2.40. The molecule has 2 aromatic rings. The van der Waals surface area contributed by atoms with Crippen LogP contribution in [0.1, 0.15) is 12.5 Å². The maximum Gasteiger partial charge on any atom is 0.221 e. The first-order valence-corrected chi connectivity index (χ1v) is 5.93. The van der Waals surface area contributed by atoms with E-state index < -0.39 is 0 Å². The summed E-state index contributed by atoms with van der Waals surface area (Å²) < 4.78 is 5.63. The van der Waals surface area contributed by atoms with Gasteiger partial charge in [0.25, 0.3) is 0 Å². The smallest absolute Gasteiger partial charge is 0.221 e. The van der Waals surface area contributed by atoms with E-state index in [0.717, 1.165) is 5.56 Å². The van der Waals surface area contributed by atoms with Gasteiger partial charge in [0.1, 0.15) is 23.8 Å². The number of aromatic hydroxyl groups is 1. The maximum absolute atomic E-state index is 11.1. The van der Waals surface area contributed by atoms with E-state index in [0.29, 0.717) is 18.0 Å². The zero-order valence-electron chi connectivity index (χ0n) is 10.6. The number of hydrogen-bond acceptors (Lipinski definition) is 3. The summed E-state index contributed by atoms with van der Waals surface area (Å²) in [5, 5.41) is 12.3. The third-order valence-corrected chi connectivity index (χ3v) is 2.54. The standard InChI is InChI=1S/C15H15NO3/c1-11(17)16-15-13(18)8-5-9-14(15)19-10-12-6-3-2-4-7-12/h2-9,18H,10H2,1H3,(H,16,17). The number of rotatable bonds is 4. The Hall–Kier alpha value is -2.49. The highest BCUT2D eigenvalue weighted by atomic mass is 16.5. The molecular weight excluding hydrogens is 242 g/mol. The van der Waals surface area contributed by atoms with Gasteiger partial charge < -0.3 is 15.2 Å². The van der Waals surface area contributed by atoms with E-state index in [2.05, 4.69) is 5.32 Å². The van der Waals surface area contributed by atoms with Crippen LogP contribution in [0.25, 0.3) is 0 Å². The van der Waals surface area contributed by atoms with E-state index in [1.54, 1.807) is 12.1 Å². The van der Waals surface area contributed by atoms with Crippen LogP contribution in [-0.4, -0.2) is 11.0 Å². The van der Waals surface area contributed by atoms with Crippen LogP contribution in [0, 0.1) is 0 Å². The number of phenols is 1. The van der Waals surface area contributed by atoms with Crippen molar-refractivity contribution in [2.45, 2.75) is 13.5 Å². The second kappa shape index (κ2) is 5.91. The first-order valence-electron chi connectivity index (χ1n) is 5.93. The number of phenolic OH excluding ortho intramolecular Hbond substituents is 1. The number of amides is 1. The van der Waals surface area contributed by atoms with E-state index in [1.807, 2.05) is 30.3 Å². The SMILES string of the molecule is CC(=O)Nc1c(O)cccc1OCc1ccccc1. The lowest BCUT2D eigenvalue weighted by molar-refractivity contribution is -0.114. The van der Waals surface area contributed by atoms with E-state index >= 15 is 0 Å². The molecular formula is C15H15NO3. The Bertz CT molecular complexity index is 567. The molecule has 0 unspecified atom stereocenters. The van der Waals surface area contributed by atoms with Crippen molar-refractivity contribution in [2.75, 3.05) is 5.32 Å². The molecule has 0 bridgehead atoms. The minimum atomic E-state index is -0.258. The summed E-state index contributed by atoms with van der Waals surface area (Å²) >= 11 is 0. The largest absolute Gasteiger partial charge is 0.506 e. The fraction of sp³-hybridized carbons (Fsp3) is 0.133. The molecule has 2 rings (SSSR count). The van der Waals surface area contributed by atoms with Crippen LogP contribution in [0.5, 0.6) is 11.5 Å². The first-order chi connectivity index (χ1) is 9.16. The van der Waals surface area contributed by atoms with Gasteiger partial charge in [-0.05, 0) is 17.7 Å². The van der Waals surface area contributed by atoms with Gasteiger partial charge in [-0.1, -0.05) is 36.4 Å². The van der Waals surface area contributed by atoms with Crippen LogP contribution in [0.4, 0.5) is 5.69 Å². The minimum absolute atomic E-state index is 0.0132. The van der Waals surface area contributed by atoms with Gasteiger partial charge >= 0.3 is 0 Å². The molecule has 4 heteroatoms. The lowest BCUT2D eigenvalue weighted by atomic mass is 10.2. The molecule has 2 aromatic carbocycles. The molecule has 4 nitrogen and oxygen atoms in total. The molecule has 1 amide bonds. The molecule has 19 heavy (non-hydrogen) atoms. The molecule has 0 radical (unpaired) electrons. The highest BCUT2D eigenvalue weighted by molar-refractivity contribution is 5.92. The molecule has 0 fully saturated rings. The van der Waals surface area contributed by atoms with Crippen LogP contribution in [0.2, 0.25) is 0 Å². The molecule has 0 saturated carbocycles. The number of ether oxygens (including phenoxy) is 1. The van der Waals surface area contributed by atoms with Crippen LogP contribution in [0.3, 0.4) is 0 Å². The summed E-state index contributed by atoms with van der Waals surface area (Å²) in [4.78, 5) is 11.1. The summed E-state index contributed by atoms with van der Waals surface area (Å²) in [6.45, 7) is 1.75. The fourth-order valence-corrected chi connectivity index (χ4v) is 1.68. The quantitative estimate of drug-likeness (QED) is 0.828. The number of carbonyl (C=O) groups excluding carboxylic acids is 1. The Balaban J connectivity index is 2.15. The molecule has 0 aliphatic carbocycles. The van der Waals surface area contributed by atoms with Crippen LogP contribution in [-0.2, 0) is 11.4 Å². The number of carbonyl (C=O) groups is 1. The van der Waals surface area contributed by atoms with Crippen LogP contribution >= 0.6 is 0 Å². The third kappa shape index (κ3) is 3.48. The highest BCUT2D eigenvalue weighted by Crippen LogP contribution is 2.33. The number of anilines is 1. The summed E-state index contributed by atoms with van der Waals surface area (Å²) in [6, 6.07) is 14.5. The van der Waals surface area contributed by atoms with Crippen LogP contribution in [0.15, 0.2) is 48.5 Å². The molecule has 0 heterocycles. The molecule has 0 spiro atoms. The van der Waals surface area contributed by atoms with Gasteiger partial charge in [0.2, 0.25) is 5.91 Å². The summed E-state index contributed by atoms with van der Waals surface area (Å²) in [5.74, 6) is 0.172. The van der Waals surface area contributed by atoms with E-state index in [1.165, 1.54) is 13.0 Å². The second-order valence-electron chi connectivity index (χ2n) is 4.11. The van der Waals surface area contributed by atoms with Gasteiger partial charge in [-0.3, -0.25) is 4.79 Å². The Morgan fingerprint density at radius 1 is 1.16 bits per heavy atom. The van der Waals surface area contributed by atoms with Gasteiger partial charge in [0.05, 0.1) is 0 Å². The first kappa shape index (κ1) is 13.0. The third-order valence-electron chi connectivity index (χ3n) is 2.54. The van der Waals surface area contributed by atoms with Crippen molar-refractivity contribution in [3.05, 3.63) is 54.1 Å². The van der Waals surface area contributed by atoms with Crippen molar-refractivity contribution in [1.82, 2.24) is 0 Å². The number of hydrogen-bond donors (Lipinski definition) is 2. The average molecular weight is 257 g/mol. The van der Waals surface area contributed by atoms with Gasteiger partial charge in [0, 0.05) is 6.92 Å². The normalized spacial score (nSPS) is 9.95. The summed E-state index contributed by atoms with van der Waals surface area (Å²) in [5.41, 5.74) is 1.31. The molecule has 0 saturated heterocycles. The monoisotopic (exact) mass is 257 g/mol. The predicted molar refractivity (Wildman–Crippen MR) is 73.2 cm³/mol. The Morgan fingerprint density at radius 2 is 1.89 bits per heavy atom. The zero-order valence-corrected chi connectivity index (χ0v) is 10.6. The van der Waals surface area contributed by atoms with Gasteiger partial charge in [-0.15, -0.1) is 0 Å². The van der Waals surface area contributed by atoms with E-state index in [4.69, 9.17) is 4.74 Å². The lowest BCUT2D eigenvalue weighted by Gasteiger charge is -2.13. The number of para-hydroxylation sites is 1. The number of nitrogens with one attached hydrogen (secondary N) is 1. The molecule has 2 N–H and O–H groups in total. The fourth-order valence-electron chi connectivity index (χ4n) is 1.68. The Labute approximate surface area is 111 Å². The topological polar surface area (TPSA) is 58.6 Å². The molecule has 0 aliphatic heterocycles. The van der Waals surface area contributed by atoms with Crippen molar-refractivity contribution < 1.29 is 14.6 Å². The molecule has 0 atom stereocenters. The minimum Gasteiger partial charge on any atom is -0.506 e. The summed E-state index contributed by atoms with van der Waals surface area (Å²) in [7, 11) is 0. The predicted octanol–water partition coefficient (Wildman–Crippen LogP) is 2.93. The molecule has 98 valence electrons. The zero-order chi connectivity index (χ0) is 13.7. The van der Waals surface area contributed by atoms with Crippen LogP contribution < -0.4 is 10.1 Å². The Kier molecular flexibility index (Phi) is 4.03. The van der Waals surface area contributed by atoms with Crippen molar-refractivity contribution in [2.24, 2.45) is 0 Å². The highest BCUT2D eigenvalue weighted by Gasteiger charge is 2.10. The van der Waals surface area contributed by atoms with Crippen molar-refractivity contribution in [3.8, 4) is 11.5 Å². The van der Waals surface area contributed by atoms with E-state index in [-0.39, 0.29) is 11.7 Å². The van der Waals surface area contributed by atoms with Gasteiger partial charge in [-0.2, -0.15) is 0 Å². The summed E-state index contributed by atoms with van der Waals surface area (Å²) in [6.07, 6.45) is 0. The second-order valence-corrected chi connectivity index (χ2v) is 4.11. The van der Waals surface area contributed by atoms with E-state index in [9.17, 15) is 9.90 Å². The number of benzene rings is 2. The van der Waals surface area contributed by atoms with Crippen molar-refractivity contribution in [1.29, 1.82) is 0 Å². The maximum atomic E-state index is 11.1. The molecule has 0 aromatic heterocycles. The van der Waals surface area contributed by atoms with Gasteiger partial charge in [0.15, 0.2) is 0 Å². The molecule has 0 aliphatic rings. The van der Waals surface area contributed by atoms with Crippen molar-refractivity contribution >= 4 is 11.6 Å². The lowest BCUT2D eigenvalue weighted by Crippen LogP contribution is -2.08.